The number of rotatable bonds is 2. The Balaban J connectivity index is 5.21. The van der Waals surface area contributed by atoms with Crippen LogP contribution in [0.15, 0.2) is 12.7 Å². The molecule has 0 aromatic rings. The quantitative estimate of drug-likeness (QED) is 0.462. The van der Waals surface area contributed by atoms with E-state index in [1.54, 1.807) is 6.08 Å². The van der Waals surface area contributed by atoms with Crippen molar-refractivity contribution in [2.45, 2.75) is 51.3 Å². The average molecular weight is 265 g/mol. The average Bonchev–Trinajstić information content (AvgIpc) is 2.11. The van der Waals surface area contributed by atoms with Crippen LogP contribution in [0, 0.1) is 22.9 Å². The molecule has 3 heteroatoms. The molecule has 0 aliphatic heterocycles. The summed E-state index contributed by atoms with van der Waals surface area (Å²) < 4.78 is 0. The van der Waals surface area contributed by atoms with Gasteiger partial charge in [-0.1, -0.05) is 57.2 Å². The molecule has 0 aliphatic carbocycles. The van der Waals surface area contributed by atoms with Crippen LogP contribution in [0.1, 0.15) is 6.42 Å². The van der Waals surface area contributed by atoms with Crippen LogP contribution in [0.3, 0.4) is 0 Å². The van der Waals surface area contributed by atoms with Crippen LogP contribution in [0.25, 0.3) is 0 Å². The fourth-order valence-electron chi connectivity index (χ4n) is 0.924. The zero-order chi connectivity index (χ0) is 13.7. The molecular formula is C14H24OSi2. The fraction of sp³-hybridized carbons (Fsp3) is 0.571. The predicted molar refractivity (Wildman–Crippen MR) is 82.0 cm³/mol. The van der Waals surface area contributed by atoms with Crippen molar-refractivity contribution in [3.8, 4) is 22.9 Å². The third-order valence-corrected chi connectivity index (χ3v) is 3.48. The Labute approximate surface area is 108 Å². The third kappa shape index (κ3) is 9.00. The van der Waals surface area contributed by atoms with Gasteiger partial charge in [-0.2, -0.15) is 0 Å². The summed E-state index contributed by atoms with van der Waals surface area (Å²) in [6, 6.07) is 0. The van der Waals surface area contributed by atoms with Gasteiger partial charge in [0.1, 0.15) is 16.1 Å². The van der Waals surface area contributed by atoms with Crippen LogP contribution in [-0.4, -0.2) is 26.9 Å². The second kappa shape index (κ2) is 5.73. The normalized spacial score (nSPS) is 11.9. The van der Waals surface area contributed by atoms with E-state index in [-0.39, 0.29) is 0 Å². The lowest BCUT2D eigenvalue weighted by atomic mass is 10.0. The van der Waals surface area contributed by atoms with Crippen molar-refractivity contribution in [3.63, 3.8) is 0 Å². The highest BCUT2D eigenvalue weighted by molar-refractivity contribution is 6.84. The SMILES string of the molecule is C=CCC(O)(C#C[Si](C)(C)C)C#C[Si](C)(C)C. The van der Waals surface area contributed by atoms with E-state index >= 15 is 0 Å². The summed E-state index contributed by atoms with van der Waals surface area (Å²) in [5, 5.41) is 10.4. The molecule has 0 aromatic heterocycles. The first-order valence-corrected chi connectivity index (χ1v) is 12.9. The second-order valence-electron chi connectivity index (χ2n) is 6.35. The minimum absolute atomic E-state index is 0.405. The van der Waals surface area contributed by atoms with Gasteiger partial charge in [-0.25, -0.2) is 0 Å². The van der Waals surface area contributed by atoms with Gasteiger partial charge in [0.25, 0.3) is 0 Å². The first-order valence-electron chi connectivity index (χ1n) is 5.89. The Bertz CT molecular complexity index is 356. The molecular weight excluding hydrogens is 240 g/mol. The summed E-state index contributed by atoms with van der Waals surface area (Å²) in [7, 11) is -2.97. The predicted octanol–water partition coefficient (Wildman–Crippen LogP) is 3.06. The Kier molecular flexibility index (Phi) is 5.48. The zero-order valence-corrected chi connectivity index (χ0v) is 13.9. The minimum atomic E-state index is -1.48. The Morgan fingerprint density at radius 1 is 1.00 bits per heavy atom. The van der Waals surface area contributed by atoms with Crippen LogP contribution in [0.5, 0.6) is 0 Å². The van der Waals surface area contributed by atoms with Crippen molar-refractivity contribution in [1.82, 2.24) is 0 Å². The van der Waals surface area contributed by atoms with Crippen LogP contribution >= 0.6 is 0 Å². The van der Waals surface area contributed by atoms with E-state index in [2.05, 4.69) is 68.8 Å². The summed E-state index contributed by atoms with van der Waals surface area (Å²) in [5.41, 5.74) is 5.17. The molecule has 1 N–H and O–H groups in total. The number of aliphatic hydroxyl groups is 1. The van der Waals surface area contributed by atoms with Crippen LogP contribution in [0.2, 0.25) is 39.3 Å². The monoisotopic (exact) mass is 264 g/mol. The fourth-order valence-corrected chi connectivity index (χ4v) is 2.09. The van der Waals surface area contributed by atoms with Gasteiger partial charge in [0.15, 0.2) is 5.60 Å². The molecule has 17 heavy (non-hydrogen) atoms. The minimum Gasteiger partial charge on any atom is -0.367 e. The highest BCUT2D eigenvalue weighted by Gasteiger charge is 2.21. The Hall–Kier alpha value is -0.746. The smallest absolute Gasteiger partial charge is 0.189 e. The first-order chi connectivity index (χ1) is 7.47. The lowest BCUT2D eigenvalue weighted by molar-refractivity contribution is 0.167. The van der Waals surface area contributed by atoms with E-state index in [1.165, 1.54) is 0 Å². The summed E-state index contributed by atoms with van der Waals surface area (Å²) >= 11 is 0. The van der Waals surface area contributed by atoms with Gasteiger partial charge in [-0.05, 0) is 0 Å². The van der Waals surface area contributed by atoms with E-state index in [0.29, 0.717) is 6.42 Å². The number of hydrogen-bond donors (Lipinski definition) is 1. The van der Waals surface area contributed by atoms with E-state index in [9.17, 15) is 5.11 Å². The molecule has 0 rings (SSSR count). The molecule has 0 aromatic carbocycles. The van der Waals surface area contributed by atoms with E-state index in [4.69, 9.17) is 0 Å². The van der Waals surface area contributed by atoms with E-state index < -0.39 is 21.7 Å². The summed E-state index contributed by atoms with van der Waals surface area (Å²) in [5.74, 6) is 5.91. The lowest BCUT2D eigenvalue weighted by Crippen LogP contribution is -2.28. The molecule has 0 heterocycles. The largest absolute Gasteiger partial charge is 0.367 e. The van der Waals surface area contributed by atoms with Gasteiger partial charge in [-0.15, -0.1) is 17.7 Å². The van der Waals surface area contributed by atoms with Crippen molar-refractivity contribution in [2.75, 3.05) is 0 Å². The van der Waals surface area contributed by atoms with Gasteiger partial charge in [-0.3, -0.25) is 0 Å². The molecule has 0 saturated heterocycles. The molecule has 0 aliphatic rings. The maximum absolute atomic E-state index is 10.4. The molecule has 0 spiro atoms. The van der Waals surface area contributed by atoms with Gasteiger partial charge >= 0.3 is 0 Å². The van der Waals surface area contributed by atoms with Crippen molar-refractivity contribution < 1.29 is 5.11 Å². The molecule has 0 amide bonds. The van der Waals surface area contributed by atoms with Crippen molar-refractivity contribution in [3.05, 3.63) is 12.7 Å². The second-order valence-corrected chi connectivity index (χ2v) is 15.9. The summed E-state index contributed by atoms with van der Waals surface area (Å²) in [6.45, 7) is 16.6. The van der Waals surface area contributed by atoms with Crippen molar-refractivity contribution in [2.24, 2.45) is 0 Å². The Morgan fingerprint density at radius 2 is 1.35 bits per heavy atom. The topological polar surface area (TPSA) is 20.2 Å². The summed E-state index contributed by atoms with van der Waals surface area (Å²) in [4.78, 5) is 0. The van der Waals surface area contributed by atoms with Gasteiger partial charge < -0.3 is 5.11 Å². The molecule has 1 nitrogen and oxygen atoms in total. The van der Waals surface area contributed by atoms with Crippen molar-refractivity contribution >= 4 is 16.1 Å². The molecule has 0 unspecified atom stereocenters. The van der Waals surface area contributed by atoms with Gasteiger partial charge in [0, 0.05) is 6.42 Å². The maximum Gasteiger partial charge on any atom is 0.189 e. The van der Waals surface area contributed by atoms with E-state index in [1.807, 2.05) is 0 Å². The third-order valence-electron chi connectivity index (χ3n) is 1.73. The molecule has 0 saturated carbocycles. The Morgan fingerprint density at radius 3 is 1.59 bits per heavy atom. The molecule has 94 valence electrons. The van der Waals surface area contributed by atoms with Crippen molar-refractivity contribution in [1.29, 1.82) is 0 Å². The molecule has 0 atom stereocenters. The standard InChI is InChI=1S/C14H24OSi2/c1-8-9-14(15,10-12-16(2,3)4)11-13-17(5,6)7/h8,15H,1,9H2,2-7H3. The van der Waals surface area contributed by atoms with Crippen LogP contribution in [-0.2, 0) is 0 Å². The van der Waals surface area contributed by atoms with Gasteiger partial charge in [0.05, 0.1) is 0 Å². The maximum atomic E-state index is 10.4. The van der Waals surface area contributed by atoms with Crippen LogP contribution in [0.4, 0.5) is 0 Å². The molecule has 0 bridgehead atoms. The highest BCUT2D eigenvalue weighted by Crippen LogP contribution is 2.11. The zero-order valence-electron chi connectivity index (χ0n) is 11.9. The number of hydrogen-bond acceptors (Lipinski definition) is 1. The lowest BCUT2D eigenvalue weighted by Gasteiger charge is -2.16. The molecule has 0 fully saturated rings. The molecule has 0 radical (unpaired) electrons. The van der Waals surface area contributed by atoms with Crippen LogP contribution < -0.4 is 0 Å². The first kappa shape index (κ1) is 16.3. The highest BCUT2D eigenvalue weighted by atomic mass is 28.3. The van der Waals surface area contributed by atoms with Gasteiger partial charge in [0.2, 0.25) is 0 Å². The summed E-state index contributed by atoms with van der Waals surface area (Å²) in [6.07, 6.45) is 2.08. The van der Waals surface area contributed by atoms with E-state index in [0.717, 1.165) is 0 Å².